The fraction of sp³-hybridized carbons (Fsp3) is 0.176. The molecule has 5 nitrogen and oxygen atoms in total. The number of esters is 1. The number of benzene rings is 2. The molecule has 0 saturated carbocycles. The minimum atomic E-state index is -1.94. The maximum Gasteiger partial charge on any atom is 0.340 e. The molecule has 0 fully saturated rings. The van der Waals surface area contributed by atoms with Crippen molar-refractivity contribution in [1.82, 2.24) is 0 Å². The molecular weight excluding hydrogens is 314 g/mol. The summed E-state index contributed by atoms with van der Waals surface area (Å²) < 4.78 is 5.30. The lowest BCUT2D eigenvalue weighted by Gasteiger charge is -2.13. The summed E-state index contributed by atoms with van der Waals surface area (Å²) in [6.45, 7) is 2.09. The van der Waals surface area contributed by atoms with Crippen molar-refractivity contribution in [2.75, 3.05) is 5.32 Å². The molecule has 0 bridgehead atoms. The number of fused-ring (bicyclic) bond motifs is 1. The third-order valence-electron chi connectivity index (χ3n) is 3.67. The molecule has 2 aromatic rings. The molecule has 0 saturated heterocycles. The van der Waals surface area contributed by atoms with Gasteiger partial charge in [-0.05, 0) is 18.6 Å². The first kappa shape index (κ1) is 15.6. The van der Waals surface area contributed by atoms with E-state index >= 15 is 0 Å². The summed E-state index contributed by atoms with van der Waals surface area (Å²) in [5.74, 6) is -1.26. The number of thiol groups is 1. The average molecular weight is 329 g/mol. The highest BCUT2D eigenvalue weighted by Gasteiger charge is 2.43. The van der Waals surface area contributed by atoms with Gasteiger partial charge in [0.15, 0.2) is 0 Å². The Hall–Kier alpha value is -2.31. The van der Waals surface area contributed by atoms with Gasteiger partial charge in [-0.15, -0.1) is 12.6 Å². The quantitative estimate of drug-likeness (QED) is 0.459. The second-order valence-electron chi connectivity index (χ2n) is 5.42. The van der Waals surface area contributed by atoms with E-state index in [0.29, 0.717) is 0 Å². The Kier molecular flexibility index (Phi) is 3.87. The summed E-state index contributed by atoms with van der Waals surface area (Å²) in [4.78, 5) is 22.1. The van der Waals surface area contributed by atoms with Gasteiger partial charge in [-0.2, -0.15) is 0 Å². The zero-order valence-corrected chi connectivity index (χ0v) is 13.3. The van der Waals surface area contributed by atoms with E-state index in [0.717, 1.165) is 11.1 Å². The minimum Gasteiger partial charge on any atom is -0.457 e. The predicted molar refractivity (Wildman–Crippen MR) is 88.3 cm³/mol. The first-order valence-corrected chi connectivity index (χ1v) is 7.46. The number of amides is 1. The number of ether oxygens (including phenoxy) is 1. The summed E-state index contributed by atoms with van der Waals surface area (Å²) in [5.41, 5.74) is 2.63. The van der Waals surface area contributed by atoms with Crippen molar-refractivity contribution >= 4 is 30.2 Å². The molecule has 1 heterocycles. The Labute approximate surface area is 138 Å². The van der Waals surface area contributed by atoms with E-state index in [4.69, 9.17) is 4.74 Å². The molecular formula is C17H15NO4S. The molecule has 2 N–H and O–H groups in total. The van der Waals surface area contributed by atoms with Crippen LogP contribution in [0.4, 0.5) is 5.69 Å². The Morgan fingerprint density at radius 2 is 2.04 bits per heavy atom. The third kappa shape index (κ3) is 2.83. The summed E-state index contributed by atoms with van der Waals surface area (Å²) in [6.07, 6.45) is 0. The maximum absolute atomic E-state index is 12.3. The van der Waals surface area contributed by atoms with Crippen LogP contribution in [0.15, 0.2) is 42.5 Å². The number of carbonyl (C=O) groups excluding carboxylic acids is 2. The highest BCUT2D eigenvalue weighted by atomic mass is 32.1. The molecule has 0 spiro atoms. The van der Waals surface area contributed by atoms with Gasteiger partial charge in [-0.3, -0.25) is 4.79 Å². The van der Waals surface area contributed by atoms with E-state index in [2.05, 4.69) is 17.9 Å². The van der Waals surface area contributed by atoms with Gasteiger partial charge in [0.05, 0.1) is 11.3 Å². The fourth-order valence-corrected chi connectivity index (χ4v) is 2.74. The number of carbonyl (C=O) groups is 2. The Morgan fingerprint density at radius 3 is 2.78 bits per heavy atom. The molecule has 0 aliphatic carbocycles. The number of hydrogen-bond donors (Lipinski definition) is 3. The molecule has 1 aliphatic rings. The minimum absolute atomic E-state index is 0.128. The van der Waals surface area contributed by atoms with Gasteiger partial charge in [-0.25, -0.2) is 4.79 Å². The number of anilines is 1. The van der Waals surface area contributed by atoms with Crippen LogP contribution in [0, 0.1) is 6.92 Å². The molecule has 0 aromatic heterocycles. The fourth-order valence-electron chi connectivity index (χ4n) is 2.50. The highest BCUT2D eigenvalue weighted by Crippen LogP contribution is 2.40. The Balaban J connectivity index is 1.82. The zero-order valence-electron chi connectivity index (χ0n) is 12.4. The van der Waals surface area contributed by atoms with Crippen LogP contribution in [0.25, 0.3) is 0 Å². The molecule has 1 atom stereocenters. The lowest BCUT2D eigenvalue weighted by atomic mass is 10.1. The third-order valence-corrected chi connectivity index (χ3v) is 4.11. The van der Waals surface area contributed by atoms with Gasteiger partial charge in [-0.1, -0.05) is 42.0 Å². The normalized spacial score (nSPS) is 19.2. The van der Waals surface area contributed by atoms with Gasteiger partial charge in [0, 0.05) is 5.56 Å². The van der Waals surface area contributed by atoms with Crippen LogP contribution >= 0.6 is 12.6 Å². The van der Waals surface area contributed by atoms with Crippen LogP contribution in [0.1, 0.15) is 27.0 Å². The van der Waals surface area contributed by atoms with Crippen LogP contribution in [0.3, 0.4) is 0 Å². The van der Waals surface area contributed by atoms with E-state index < -0.39 is 16.8 Å². The standard InChI is InChI=1S/C17H15NO4S/c1-10-4-2-5-11(8-10)9-22-15(19)12-6-3-7-13-14(12)18-16(20)17(13,21)23/h2-8,21,23H,9H2,1H3,(H,18,20)/t17-/m0/s1. The molecule has 1 aliphatic heterocycles. The number of nitrogens with one attached hydrogen (secondary N) is 1. The van der Waals surface area contributed by atoms with E-state index in [9.17, 15) is 14.7 Å². The van der Waals surface area contributed by atoms with Crippen molar-refractivity contribution < 1.29 is 19.4 Å². The monoisotopic (exact) mass is 329 g/mol. The SMILES string of the molecule is Cc1cccc(COC(=O)c2cccc3c2NC(=O)[C@@]3(O)S)c1. The van der Waals surface area contributed by atoms with Crippen molar-refractivity contribution in [2.45, 2.75) is 18.5 Å². The average Bonchev–Trinajstić information content (AvgIpc) is 2.75. The summed E-state index contributed by atoms with van der Waals surface area (Å²) in [6, 6.07) is 12.3. The topological polar surface area (TPSA) is 75.6 Å². The second kappa shape index (κ2) is 5.72. The number of para-hydroxylation sites is 1. The lowest BCUT2D eigenvalue weighted by molar-refractivity contribution is -0.125. The van der Waals surface area contributed by atoms with E-state index in [-0.39, 0.29) is 23.4 Å². The predicted octanol–water partition coefficient (Wildman–Crippen LogP) is 2.38. The van der Waals surface area contributed by atoms with Crippen LogP contribution in [-0.2, 0) is 21.1 Å². The number of rotatable bonds is 3. The summed E-state index contributed by atoms with van der Waals surface area (Å²) >= 11 is 3.95. The molecule has 118 valence electrons. The number of aliphatic hydroxyl groups is 1. The van der Waals surface area contributed by atoms with Gasteiger partial charge >= 0.3 is 5.97 Å². The first-order chi connectivity index (χ1) is 10.9. The zero-order chi connectivity index (χ0) is 16.6. The lowest BCUT2D eigenvalue weighted by Crippen LogP contribution is -2.27. The summed E-state index contributed by atoms with van der Waals surface area (Å²) in [7, 11) is 0. The van der Waals surface area contributed by atoms with Crippen LogP contribution in [0.5, 0.6) is 0 Å². The second-order valence-corrected chi connectivity index (χ2v) is 6.07. The first-order valence-electron chi connectivity index (χ1n) is 7.02. The van der Waals surface area contributed by atoms with Crippen LogP contribution in [0.2, 0.25) is 0 Å². The molecule has 3 rings (SSSR count). The number of aryl methyl sites for hydroxylation is 1. The van der Waals surface area contributed by atoms with Gasteiger partial charge in [0.1, 0.15) is 6.61 Å². The van der Waals surface area contributed by atoms with Gasteiger partial charge in [0.25, 0.3) is 5.91 Å². The largest absolute Gasteiger partial charge is 0.457 e. The number of hydrogen-bond acceptors (Lipinski definition) is 5. The molecule has 0 unspecified atom stereocenters. The molecule has 0 radical (unpaired) electrons. The van der Waals surface area contributed by atoms with Crippen molar-refractivity contribution in [3.8, 4) is 0 Å². The highest BCUT2D eigenvalue weighted by molar-refractivity contribution is 7.82. The maximum atomic E-state index is 12.3. The van der Waals surface area contributed by atoms with E-state index in [1.165, 1.54) is 12.1 Å². The molecule has 6 heteroatoms. The van der Waals surface area contributed by atoms with E-state index in [1.54, 1.807) is 6.07 Å². The summed E-state index contributed by atoms with van der Waals surface area (Å²) in [5, 5.41) is 12.5. The Bertz CT molecular complexity index is 801. The molecule has 2 aromatic carbocycles. The van der Waals surface area contributed by atoms with E-state index in [1.807, 2.05) is 31.2 Å². The van der Waals surface area contributed by atoms with Crippen LogP contribution < -0.4 is 5.32 Å². The van der Waals surface area contributed by atoms with Crippen molar-refractivity contribution in [1.29, 1.82) is 0 Å². The van der Waals surface area contributed by atoms with Crippen molar-refractivity contribution in [2.24, 2.45) is 0 Å². The molecule has 1 amide bonds. The van der Waals surface area contributed by atoms with Gasteiger partial charge in [0.2, 0.25) is 4.93 Å². The Morgan fingerprint density at radius 1 is 1.30 bits per heavy atom. The molecule has 23 heavy (non-hydrogen) atoms. The smallest absolute Gasteiger partial charge is 0.340 e. The van der Waals surface area contributed by atoms with Gasteiger partial charge < -0.3 is 15.2 Å². The van der Waals surface area contributed by atoms with Crippen molar-refractivity contribution in [3.05, 3.63) is 64.7 Å². The van der Waals surface area contributed by atoms with Crippen molar-refractivity contribution in [3.63, 3.8) is 0 Å². The van der Waals surface area contributed by atoms with Crippen LogP contribution in [-0.4, -0.2) is 17.0 Å².